The fraction of sp³-hybridized carbons (Fsp3) is 0.267. The van der Waals surface area contributed by atoms with Gasteiger partial charge in [-0.3, -0.25) is 4.98 Å². The van der Waals surface area contributed by atoms with Crippen LogP contribution in [0, 0.1) is 6.92 Å². The normalized spacial score (nSPS) is 12.4. The zero-order valence-corrected chi connectivity index (χ0v) is 11.4. The zero-order valence-electron chi connectivity index (χ0n) is 10.7. The number of hydrogen-bond acceptors (Lipinski definition) is 2. The summed E-state index contributed by atoms with van der Waals surface area (Å²) in [6.45, 7) is 2.09. The third-order valence-corrected chi connectivity index (χ3v) is 3.29. The van der Waals surface area contributed by atoms with E-state index in [2.05, 4.69) is 29.4 Å². The van der Waals surface area contributed by atoms with E-state index < -0.39 is 0 Å². The van der Waals surface area contributed by atoms with E-state index in [0.717, 1.165) is 17.1 Å². The van der Waals surface area contributed by atoms with Crippen LogP contribution in [0.1, 0.15) is 22.9 Å². The van der Waals surface area contributed by atoms with E-state index >= 15 is 0 Å². The Hall–Kier alpha value is -1.38. The van der Waals surface area contributed by atoms with Crippen LogP contribution < -0.4 is 5.32 Å². The van der Waals surface area contributed by atoms with Crippen molar-refractivity contribution in [1.82, 2.24) is 10.3 Å². The van der Waals surface area contributed by atoms with Crippen molar-refractivity contribution in [3.8, 4) is 0 Å². The van der Waals surface area contributed by atoms with Crippen molar-refractivity contribution in [2.24, 2.45) is 0 Å². The average molecular weight is 261 g/mol. The van der Waals surface area contributed by atoms with Crippen LogP contribution in [-0.4, -0.2) is 12.0 Å². The highest BCUT2D eigenvalue weighted by molar-refractivity contribution is 6.30. The SMILES string of the molecule is CNC(Cc1cccc(Cl)c1)c1ncccc1C. The minimum absolute atomic E-state index is 0.213. The Bertz CT molecular complexity index is 525. The van der Waals surface area contributed by atoms with Gasteiger partial charge in [-0.15, -0.1) is 0 Å². The van der Waals surface area contributed by atoms with Crippen molar-refractivity contribution in [2.45, 2.75) is 19.4 Å². The summed E-state index contributed by atoms with van der Waals surface area (Å²) in [4.78, 5) is 4.47. The summed E-state index contributed by atoms with van der Waals surface area (Å²) in [5.74, 6) is 0. The third-order valence-electron chi connectivity index (χ3n) is 3.06. The molecule has 0 aliphatic rings. The molecule has 1 atom stereocenters. The predicted molar refractivity (Wildman–Crippen MR) is 75.9 cm³/mol. The van der Waals surface area contributed by atoms with E-state index in [-0.39, 0.29) is 6.04 Å². The summed E-state index contributed by atoms with van der Waals surface area (Å²) in [6, 6.07) is 12.2. The van der Waals surface area contributed by atoms with Crippen molar-refractivity contribution >= 4 is 11.6 Å². The number of nitrogens with one attached hydrogen (secondary N) is 1. The topological polar surface area (TPSA) is 24.9 Å². The molecule has 18 heavy (non-hydrogen) atoms. The molecule has 2 nitrogen and oxygen atoms in total. The molecule has 0 saturated carbocycles. The lowest BCUT2D eigenvalue weighted by Crippen LogP contribution is -2.21. The van der Waals surface area contributed by atoms with Crippen LogP contribution in [0.15, 0.2) is 42.6 Å². The second-order valence-corrected chi connectivity index (χ2v) is 4.82. The van der Waals surface area contributed by atoms with E-state index in [4.69, 9.17) is 11.6 Å². The van der Waals surface area contributed by atoms with E-state index in [1.165, 1.54) is 11.1 Å². The number of likely N-dealkylation sites (N-methyl/N-ethyl adjacent to an activating group) is 1. The third kappa shape index (κ3) is 3.09. The van der Waals surface area contributed by atoms with Gasteiger partial charge in [-0.25, -0.2) is 0 Å². The van der Waals surface area contributed by atoms with Crippen LogP contribution in [0.3, 0.4) is 0 Å². The summed E-state index contributed by atoms with van der Waals surface area (Å²) in [5.41, 5.74) is 3.52. The molecule has 0 radical (unpaired) electrons. The standard InChI is InChI=1S/C15H17ClN2/c1-11-5-4-8-18-15(11)14(17-2)10-12-6-3-7-13(16)9-12/h3-9,14,17H,10H2,1-2H3. The Balaban J connectivity index is 2.23. The molecular weight excluding hydrogens is 244 g/mol. The molecule has 0 aliphatic carbocycles. The summed E-state index contributed by atoms with van der Waals surface area (Å²) >= 11 is 6.01. The Kier molecular flexibility index (Phi) is 4.34. The molecule has 0 saturated heterocycles. The Labute approximate surface area is 113 Å². The van der Waals surface area contributed by atoms with E-state index in [1.54, 1.807) is 0 Å². The summed E-state index contributed by atoms with van der Waals surface area (Å²) in [6.07, 6.45) is 2.72. The average Bonchev–Trinajstić information content (AvgIpc) is 2.37. The molecule has 2 aromatic rings. The molecule has 3 heteroatoms. The zero-order chi connectivity index (χ0) is 13.0. The fourth-order valence-corrected chi connectivity index (χ4v) is 2.31. The first kappa shape index (κ1) is 13.1. The van der Waals surface area contributed by atoms with Gasteiger partial charge in [0, 0.05) is 11.2 Å². The molecule has 94 valence electrons. The van der Waals surface area contributed by atoms with Crippen LogP contribution >= 0.6 is 11.6 Å². The molecule has 0 aliphatic heterocycles. The van der Waals surface area contributed by atoms with Gasteiger partial charge in [-0.05, 0) is 49.7 Å². The highest BCUT2D eigenvalue weighted by Gasteiger charge is 2.13. The molecule has 0 bridgehead atoms. The van der Waals surface area contributed by atoms with Crippen molar-refractivity contribution in [3.63, 3.8) is 0 Å². The van der Waals surface area contributed by atoms with Gasteiger partial charge in [0.2, 0.25) is 0 Å². The maximum absolute atomic E-state index is 6.01. The number of halogens is 1. The first-order chi connectivity index (χ1) is 8.70. The van der Waals surface area contributed by atoms with Crippen LogP contribution in [0.4, 0.5) is 0 Å². The van der Waals surface area contributed by atoms with Crippen molar-refractivity contribution in [2.75, 3.05) is 7.05 Å². The van der Waals surface area contributed by atoms with Gasteiger partial charge in [0.25, 0.3) is 0 Å². The minimum atomic E-state index is 0.213. The fourth-order valence-electron chi connectivity index (χ4n) is 2.10. The van der Waals surface area contributed by atoms with Gasteiger partial charge in [-0.1, -0.05) is 29.8 Å². The number of aryl methyl sites for hydroxylation is 1. The molecule has 1 aromatic heterocycles. The molecule has 0 fully saturated rings. The number of rotatable bonds is 4. The van der Waals surface area contributed by atoms with Crippen LogP contribution in [0.5, 0.6) is 0 Å². The van der Waals surface area contributed by atoms with Crippen LogP contribution in [-0.2, 0) is 6.42 Å². The highest BCUT2D eigenvalue weighted by Crippen LogP contribution is 2.20. The number of benzene rings is 1. The van der Waals surface area contributed by atoms with Gasteiger partial charge < -0.3 is 5.32 Å². The van der Waals surface area contributed by atoms with Crippen molar-refractivity contribution < 1.29 is 0 Å². The molecule has 1 aromatic carbocycles. The van der Waals surface area contributed by atoms with Crippen molar-refractivity contribution in [3.05, 3.63) is 64.4 Å². The first-order valence-electron chi connectivity index (χ1n) is 6.04. The molecular formula is C15H17ClN2. The predicted octanol–water partition coefficient (Wildman–Crippen LogP) is 3.55. The van der Waals surface area contributed by atoms with E-state index in [1.807, 2.05) is 37.5 Å². The largest absolute Gasteiger partial charge is 0.311 e. The lowest BCUT2D eigenvalue weighted by Gasteiger charge is -2.17. The quantitative estimate of drug-likeness (QED) is 0.910. The molecule has 1 heterocycles. The first-order valence-corrected chi connectivity index (χ1v) is 6.41. The lowest BCUT2D eigenvalue weighted by molar-refractivity contribution is 0.572. The Morgan fingerprint density at radius 2 is 2.11 bits per heavy atom. The Morgan fingerprint density at radius 3 is 2.78 bits per heavy atom. The maximum Gasteiger partial charge on any atom is 0.0605 e. The number of aromatic nitrogens is 1. The molecule has 0 spiro atoms. The molecule has 1 unspecified atom stereocenters. The van der Waals surface area contributed by atoms with Crippen LogP contribution in [0.2, 0.25) is 5.02 Å². The van der Waals surface area contributed by atoms with E-state index in [9.17, 15) is 0 Å². The van der Waals surface area contributed by atoms with Gasteiger partial charge in [0.15, 0.2) is 0 Å². The molecule has 2 rings (SSSR count). The molecule has 1 N–H and O–H groups in total. The maximum atomic E-state index is 6.01. The number of hydrogen-bond donors (Lipinski definition) is 1. The van der Waals surface area contributed by atoms with E-state index in [0.29, 0.717) is 0 Å². The minimum Gasteiger partial charge on any atom is -0.311 e. The summed E-state index contributed by atoms with van der Waals surface area (Å²) in [5, 5.41) is 4.10. The second-order valence-electron chi connectivity index (χ2n) is 4.38. The smallest absolute Gasteiger partial charge is 0.0605 e. The monoisotopic (exact) mass is 260 g/mol. The second kappa shape index (κ2) is 5.98. The summed E-state index contributed by atoms with van der Waals surface area (Å²) < 4.78 is 0. The van der Waals surface area contributed by atoms with Crippen molar-refractivity contribution in [1.29, 1.82) is 0 Å². The number of nitrogens with zero attached hydrogens (tertiary/aromatic N) is 1. The number of pyridine rings is 1. The highest BCUT2D eigenvalue weighted by atomic mass is 35.5. The van der Waals surface area contributed by atoms with Gasteiger partial charge in [0.05, 0.1) is 11.7 Å². The Morgan fingerprint density at radius 1 is 1.28 bits per heavy atom. The molecule has 0 amide bonds. The summed E-state index contributed by atoms with van der Waals surface area (Å²) in [7, 11) is 1.96. The van der Waals surface area contributed by atoms with Gasteiger partial charge >= 0.3 is 0 Å². The van der Waals surface area contributed by atoms with Gasteiger partial charge in [-0.2, -0.15) is 0 Å². The lowest BCUT2D eigenvalue weighted by atomic mass is 10.0. The van der Waals surface area contributed by atoms with Gasteiger partial charge in [0.1, 0.15) is 0 Å². The van der Waals surface area contributed by atoms with Crippen LogP contribution in [0.25, 0.3) is 0 Å².